The molecule has 2 rings (SSSR count). The fraction of sp³-hybridized carbons (Fsp3) is 0.133. The van der Waals surface area contributed by atoms with Gasteiger partial charge in [-0.1, -0.05) is 12.1 Å². The Balaban J connectivity index is 2.29. The van der Waals surface area contributed by atoms with Crippen LogP contribution in [0.3, 0.4) is 0 Å². The molecule has 2 N–H and O–H groups in total. The van der Waals surface area contributed by atoms with Crippen molar-refractivity contribution in [2.75, 3.05) is 10.6 Å². The van der Waals surface area contributed by atoms with Gasteiger partial charge in [0.1, 0.15) is 0 Å². The number of nitrogens with one attached hydrogen (secondary N) is 2. The summed E-state index contributed by atoms with van der Waals surface area (Å²) in [5, 5.41) is 4.24. The normalized spacial score (nSPS) is 12.0. The SMILES string of the molecule is O=C(Nc1cc(C(F)(F)F)cc(C(F)(F)F)c1)Nc1ccccc1S. The Hall–Kier alpha value is -2.36. The number of alkyl halides is 6. The van der Waals surface area contributed by atoms with Crippen molar-refractivity contribution in [1.29, 1.82) is 0 Å². The van der Waals surface area contributed by atoms with Crippen LogP contribution in [0.15, 0.2) is 47.4 Å². The molecule has 0 saturated heterocycles. The molecule has 0 aliphatic rings. The van der Waals surface area contributed by atoms with Crippen LogP contribution in [-0.4, -0.2) is 6.03 Å². The number of hydrogen-bond donors (Lipinski definition) is 3. The monoisotopic (exact) mass is 380 g/mol. The maximum Gasteiger partial charge on any atom is 0.416 e. The third kappa shape index (κ3) is 5.05. The van der Waals surface area contributed by atoms with Crippen LogP contribution in [0.25, 0.3) is 0 Å². The molecule has 134 valence electrons. The summed E-state index contributed by atoms with van der Waals surface area (Å²) in [6.07, 6.45) is -9.99. The summed E-state index contributed by atoms with van der Waals surface area (Å²) >= 11 is 4.07. The Kier molecular flexibility index (Phi) is 5.21. The molecular weight excluding hydrogens is 370 g/mol. The van der Waals surface area contributed by atoms with Gasteiger partial charge < -0.3 is 10.6 Å². The minimum absolute atomic E-state index is 0.0217. The van der Waals surface area contributed by atoms with E-state index in [1.54, 1.807) is 18.2 Å². The lowest BCUT2D eigenvalue weighted by Crippen LogP contribution is -2.21. The molecule has 0 atom stereocenters. The molecule has 0 spiro atoms. The van der Waals surface area contributed by atoms with Crippen LogP contribution < -0.4 is 10.6 Å². The highest BCUT2D eigenvalue weighted by Crippen LogP contribution is 2.37. The number of urea groups is 1. The molecule has 0 radical (unpaired) electrons. The first-order valence-electron chi connectivity index (χ1n) is 6.62. The first kappa shape index (κ1) is 19.0. The second-order valence-electron chi connectivity index (χ2n) is 4.89. The van der Waals surface area contributed by atoms with Crippen LogP contribution in [0.4, 0.5) is 42.5 Å². The molecule has 2 amide bonds. The van der Waals surface area contributed by atoms with Crippen molar-refractivity contribution in [3.8, 4) is 0 Å². The van der Waals surface area contributed by atoms with Gasteiger partial charge in [-0.05, 0) is 30.3 Å². The molecule has 0 unspecified atom stereocenters. The summed E-state index contributed by atoms with van der Waals surface area (Å²) in [6, 6.07) is 6.03. The molecule has 25 heavy (non-hydrogen) atoms. The number of anilines is 2. The van der Waals surface area contributed by atoms with Crippen LogP contribution in [-0.2, 0) is 12.4 Å². The summed E-state index contributed by atoms with van der Waals surface area (Å²) < 4.78 is 76.6. The van der Waals surface area contributed by atoms with Gasteiger partial charge in [-0.15, -0.1) is 12.6 Å². The number of benzene rings is 2. The highest BCUT2D eigenvalue weighted by Gasteiger charge is 2.37. The molecule has 0 fully saturated rings. The van der Waals surface area contributed by atoms with Gasteiger partial charge >= 0.3 is 18.4 Å². The van der Waals surface area contributed by atoms with Crippen molar-refractivity contribution in [1.82, 2.24) is 0 Å². The molecule has 2 aromatic rings. The number of hydrogen-bond acceptors (Lipinski definition) is 2. The van der Waals surface area contributed by atoms with E-state index in [-0.39, 0.29) is 11.8 Å². The lowest BCUT2D eigenvalue weighted by Gasteiger charge is -2.15. The van der Waals surface area contributed by atoms with E-state index in [2.05, 4.69) is 17.9 Å². The Labute approximate surface area is 143 Å². The van der Waals surface area contributed by atoms with Crippen molar-refractivity contribution in [2.45, 2.75) is 17.2 Å². The van der Waals surface area contributed by atoms with E-state index < -0.39 is 35.2 Å². The highest BCUT2D eigenvalue weighted by atomic mass is 32.1. The fourth-order valence-corrected chi connectivity index (χ4v) is 2.11. The van der Waals surface area contributed by atoms with E-state index in [0.29, 0.717) is 17.0 Å². The second-order valence-corrected chi connectivity index (χ2v) is 5.37. The summed E-state index contributed by atoms with van der Waals surface area (Å²) in [5.74, 6) is 0. The fourth-order valence-electron chi connectivity index (χ4n) is 1.89. The second kappa shape index (κ2) is 6.87. The average molecular weight is 380 g/mol. The number of rotatable bonds is 2. The smallest absolute Gasteiger partial charge is 0.308 e. The number of carbonyl (C=O) groups is 1. The van der Waals surface area contributed by atoms with Crippen LogP contribution in [0, 0.1) is 0 Å². The number of halogens is 6. The van der Waals surface area contributed by atoms with Crippen molar-refractivity contribution < 1.29 is 31.1 Å². The summed E-state index contributed by atoms with van der Waals surface area (Å²) in [5.41, 5.74) is -3.44. The quantitative estimate of drug-likeness (QED) is 0.457. The van der Waals surface area contributed by atoms with Gasteiger partial charge in [0, 0.05) is 10.6 Å². The van der Waals surface area contributed by atoms with Gasteiger partial charge in [0.25, 0.3) is 0 Å². The summed E-state index contributed by atoms with van der Waals surface area (Å²) in [6.45, 7) is 0. The van der Waals surface area contributed by atoms with E-state index in [4.69, 9.17) is 0 Å². The van der Waals surface area contributed by atoms with E-state index >= 15 is 0 Å². The van der Waals surface area contributed by atoms with Crippen LogP contribution in [0.2, 0.25) is 0 Å². The standard InChI is InChI=1S/C15H10F6N2OS/c16-14(17,18)8-5-9(15(19,20)21)7-10(6-8)22-13(24)23-11-3-1-2-4-12(11)25/h1-7,25H,(H2,22,23,24). The summed E-state index contributed by atoms with van der Waals surface area (Å²) in [4.78, 5) is 12.2. The van der Waals surface area contributed by atoms with Crippen LogP contribution in [0.1, 0.15) is 11.1 Å². The van der Waals surface area contributed by atoms with Gasteiger partial charge in [-0.2, -0.15) is 26.3 Å². The Morgan fingerprint density at radius 2 is 1.36 bits per heavy atom. The highest BCUT2D eigenvalue weighted by molar-refractivity contribution is 7.80. The van der Waals surface area contributed by atoms with E-state index in [9.17, 15) is 31.1 Å². The Morgan fingerprint density at radius 1 is 0.840 bits per heavy atom. The third-order valence-corrected chi connectivity index (χ3v) is 3.39. The molecule has 0 bridgehead atoms. The molecule has 0 aliphatic carbocycles. The molecule has 0 aromatic heterocycles. The lowest BCUT2D eigenvalue weighted by molar-refractivity contribution is -0.143. The zero-order valence-corrected chi connectivity index (χ0v) is 13.1. The maximum atomic E-state index is 12.8. The minimum atomic E-state index is -4.99. The Bertz CT molecular complexity index is 756. The van der Waals surface area contributed by atoms with Gasteiger partial charge in [0.05, 0.1) is 16.8 Å². The molecule has 0 saturated carbocycles. The van der Waals surface area contributed by atoms with Crippen LogP contribution in [0.5, 0.6) is 0 Å². The molecule has 10 heteroatoms. The lowest BCUT2D eigenvalue weighted by atomic mass is 10.1. The van der Waals surface area contributed by atoms with Crippen LogP contribution >= 0.6 is 12.6 Å². The first-order valence-corrected chi connectivity index (χ1v) is 7.07. The number of thiol groups is 1. The number of amides is 2. The van der Waals surface area contributed by atoms with E-state index in [1.807, 2.05) is 5.32 Å². The summed E-state index contributed by atoms with van der Waals surface area (Å²) in [7, 11) is 0. The van der Waals surface area contributed by atoms with Crippen molar-refractivity contribution in [3.05, 3.63) is 53.6 Å². The van der Waals surface area contributed by atoms with E-state index in [1.165, 1.54) is 6.07 Å². The zero-order chi connectivity index (χ0) is 18.8. The molecular formula is C15H10F6N2OS. The van der Waals surface area contributed by atoms with Gasteiger partial charge in [0.15, 0.2) is 0 Å². The molecule has 2 aromatic carbocycles. The average Bonchev–Trinajstić information content (AvgIpc) is 2.47. The van der Waals surface area contributed by atoms with E-state index in [0.717, 1.165) is 0 Å². The Morgan fingerprint density at radius 3 is 1.84 bits per heavy atom. The van der Waals surface area contributed by atoms with Gasteiger partial charge in [-0.3, -0.25) is 0 Å². The first-order chi connectivity index (χ1) is 11.5. The van der Waals surface area contributed by atoms with Gasteiger partial charge in [-0.25, -0.2) is 4.79 Å². The topological polar surface area (TPSA) is 41.1 Å². The van der Waals surface area contributed by atoms with Crippen molar-refractivity contribution in [3.63, 3.8) is 0 Å². The number of carbonyl (C=O) groups excluding carboxylic acids is 1. The predicted molar refractivity (Wildman–Crippen MR) is 82.8 cm³/mol. The van der Waals surface area contributed by atoms with Crippen molar-refractivity contribution in [2.24, 2.45) is 0 Å². The van der Waals surface area contributed by atoms with Gasteiger partial charge in [0.2, 0.25) is 0 Å². The molecule has 0 aliphatic heterocycles. The maximum absolute atomic E-state index is 12.8. The largest absolute Gasteiger partial charge is 0.416 e. The minimum Gasteiger partial charge on any atom is -0.308 e. The predicted octanol–water partition coefficient (Wildman–Crippen LogP) is 5.66. The third-order valence-electron chi connectivity index (χ3n) is 3.00. The van der Waals surface area contributed by atoms with Crippen molar-refractivity contribution >= 4 is 30.0 Å². The molecule has 0 heterocycles. The number of para-hydroxylation sites is 1. The molecule has 3 nitrogen and oxygen atoms in total. The zero-order valence-electron chi connectivity index (χ0n) is 12.2.